The summed E-state index contributed by atoms with van der Waals surface area (Å²) in [6.07, 6.45) is 1.02. The topological polar surface area (TPSA) is 61.5 Å². The normalized spacial score (nSPS) is 13.6. The summed E-state index contributed by atoms with van der Waals surface area (Å²) in [5, 5.41) is 1.73. The second kappa shape index (κ2) is 8.68. The number of carbonyl (C=O) groups is 1. The average molecular weight is 465 g/mol. The molecule has 34 heavy (non-hydrogen) atoms. The number of pyridine rings is 1. The molecule has 0 fully saturated rings. The van der Waals surface area contributed by atoms with Gasteiger partial charge in [-0.2, -0.15) is 0 Å². The van der Waals surface area contributed by atoms with E-state index in [-0.39, 0.29) is 17.5 Å². The molecular formula is C26H26F2N4O2. The molecular weight excluding hydrogens is 438 g/mol. The van der Waals surface area contributed by atoms with E-state index < -0.39 is 5.82 Å². The van der Waals surface area contributed by atoms with Crippen LogP contribution in [0.2, 0.25) is 0 Å². The van der Waals surface area contributed by atoms with Gasteiger partial charge in [0.2, 0.25) is 5.91 Å². The van der Waals surface area contributed by atoms with Gasteiger partial charge in [0.05, 0.1) is 37.1 Å². The van der Waals surface area contributed by atoms with E-state index >= 15 is 0 Å². The Labute approximate surface area is 196 Å². The van der Waals surface area contributed by atoms with Crippen LogP contribution in [0, 0.1) is 11.6 Å². The van der Waals surface area contributed by atoms with E-state index in [2.05, 4.69) is 4.98 Å². The van der Waals surface area contributed by atoms with Gasteiger partial charge in [-0.15, -0.1) is 0 Å². The van der Waals surface area contributed by atoms with Crippen LogP contribution >= 0.6 is 0 Å². The number of aromatic amines is 1. The van der Waals surface area contributed by atoms with E-state index in [1.807, 2.05) is 30.0 Å². The number of amides is 1. The second-order valence-corrected chi connectivity index (χ2v) is 9.00. The number of rotatable bonds is 5. The van der Waals surface area contributed by atoms with Gasteiger partial charge >= 0.3 is 0 Å². The van der Waals surface area contributed by atoms with Gasteiger partial charge < -0.3 is 19.5 Å². The number of halogens is 2. The van der Waals surface area contributed by atoms with E-state index in [9.17, 15) is 13.6 Å². The van der Waals surface area contributed by atoms with Gasteiger partial charge in [0.1, 0.15) is 5.82 Å². The Morgan fingerprint density at radius 3 is 2.76 bits per heavy atom. The molecule has 0 saturated carbocycles. The molecule has 6 nitrogen and oxygen atoms in total. The highest BCUT2D eigenvalue weighted by Gasteiger charge is 2.26. The number of H-pyrrole nitrogens is 1. The maximum atomic E-state index is 14.4. The minimum Gasteiger partial charge on any atom is -0.494 e. The first kappa shape index (κ1) is 22.3. The molecule has 4 aromatic rings. The van der Waals surface area contributed by atoms with Crippen molar-refractivity contribution in [2.24, 2.45) is 0 Å². The zero-order valence-electron chi connectivity index (χ0n) is 19.4. The summed E-state index contributed by atoms with van der Waals surface area (Å²) in [7, 11) is 5.16. The fourth-order valence-electron chi connectivity index (χ4n) is 4.76. The van der Waals surface area contributed by atoms with Crippen molar-refractivity contribution in [1.29, 1.82) is 0 Å². The first-order valence-electron chi connectivity index (χ1n) is 11.2. The van der Waals surface area contributed by atoms with Gasteiger partial charge in [-0.3, -0.25) is 9.78 Å². The van der Waals surface area contributed by atoms with Crippen LogP contribution < -0.4 is 4.74 Å². The van der Waals surface area contributed by atoms with Crippen molar-refractivity contribution in [2.45, 2.75) is 19.4 Å². The molecule has 0 atom stereocenters. The second-order valence-electron chi connectivity index (χ2n) is 9.00. The highest BCUT2D eigenvalue weighted by molar-refractivity contribution is 6.10. The van der Waals surface area contributed by atoms with E-state index in [4.69, 9.17) is 9.72 Å². The number of ether oxygens (including phenoxy) is 1. The lowest BCUT2D eigenvalue weighted by molar-refractivity contribution is -0.132. The number of carbonyl (C=O) groups excluding carboxylic acids is 1. The van der Waals surface area contributed by atoms with Gasteiger partial charge in [0.25, 0.3) is 0 Å². The summed E-state index contributed by atoms with van der Waals surface area (Å²) >= 11 is 0. The maximum absolute atomic E-state index is 14.4. The molecule has 1 N–H and O–H groups in total. The third kappa shape index (κ3) is 3.98. The molecule has 2 aromatic carbocycles. The quantitative estimate of drug-likeness (QED) is 0.484. The highest BCUT2D eigenvalue weighted by atomic mass is 19.1. The molecule has 0 aliphatic carbocycles. The number of methoxy groups -OCH3 is 1. The van der Waals surface area contributed by atoms with Gasteiger partial charge in [-0.25, -0.2) is 8.78 Å². The molecule has 2 aromatic heterocycles. The summed E-state index contributed by atoms with van der Waals surface area (Å²) in [6, 6.07) is 9.55. The summed E-state index contributed by atoms with van der Waals surface area (Å²) in [5.74, 6) is -0.519. The van der Waals surface area contributed by atoms with Crippen molar-refractivity contribution in [2.75, 3.05) is 34.3 Å². The molecule has 0 saturated heterocycles. The van der Waals surface area contributed by atoms with Gasteiger partial charge in [-0.1, -0.05) is 6.07 Å². The largest absolute Gasteiger partial charge is 0.494 e. The van der Waals surface area contributed by atoms with E-state index in [1.165, 1.54) is 25.3 Å². The average Bonchev–Trinajstić information content (AvgIpc) is 3.18. The maximum Gasteiger partial charge on any atom is 0.237 e. The molecule has 1 aliphatic rings. The number of hydrogen-bond acceptors (Lipinski definition) is 4. The first-order chi connectivity index (χ1) is 16.3. The van der Waals surface area contributed by atoms with Crippen molar-refractivity contribution in [3.63, 3.8) is 0 Å². The minimum absolute atomic E-state index is 0.0429. The molecule has 1 amide bonds. The van der Waals surface area contributed by atoms with Crippen molar-refractivity contribution >= 4 is 27.7 Å². The predicted octanol–water partition coefficient (Wildman–Crippen LogP) is 4.04. The molecule has 0 spiro atoms. The lowest BCUT2D eigenvalue weighted by atomic mass is 9.96. The lowest BCUT2D eigenvalue weighted by Gasteiger charge is -2.30. The van der Waals surface area contributed by atoms with Crippen LogP contribution in [-0.4, -0.2) is 60.0 Å². The first-order valence-corrected chi connectivity index (χ1v) is 11.2. The smallest absolute Gasteiger partial charge is 0.237 e. The van der Waals surface area contributed by atoms with Crippen molar-refractivity contribution in [3.05, 3.63) is 70.5 Å². The van der Waals surface area contributed by atoms with Crippen LogP contribution in [0.4, 0.5) is 8.78 Å². The Bertz CT molecular complexity index is 1410. The number of likely N-dealkylation sites (N-methyl/N-ethyl adjacent to an activating group) is 1. The Hall–Kier alpha value is -3.52. The number of fused-ring (bicyclic) bond motifs is 5. The van der Waals surface area contributed by atoms with E-state index in [0.29, 0.717) is 32.5 Å². The van der Waals surface area contributed by atoms with Crippen LogP contribution in [0.5, 0.6) is 5.75 Å². The fraction of sp³-hybridized carbons (Fsp3) is 0.308. The SMILES string of the molecule is COc1ccc(Cc2nc3c(c4c2[nH]c2ccc(F)cc24)CCN(C(=O)CN(C)C)C3)cc1F. The summed E-state index contributed by atoms with van der Waals surface area (Å²) in [6.45, 7) is 1.30. The van der Waals surface area contributed by atoms with Crippen molar-refractivity contribution in [1.82, 2.24) is 19.8 Å². The molecule has 8 heteroatoms. The Balaban J connectivity index is 1.64. The van der Waals surface area contributed by atoms with Crippen LogP contribution in [0.25, 0.3) is 21.8 Å². The van der Waals surface area contributed by atoms with Crippen LogP contribution in [0.1, 0.15) is 22.5 Å². The van der Waals surface area contributed by atoms with E-state index in [1.54, 1.807) is 12.1 Å². The number of hydrogen-bond donors (Lipinski definition) is 1. The van der Waals surface area contributed by atoms with E-state index in [0.717, 1.165) is 44.3 Å². The predicted molar refractivity (Wildman–Crippen MR) is 127 cm³/mol. The fourth-order valence-corrected chi connectivity index (χ4v) is 4.76. The molecule has 0 radical (unpaired) electrons. The van der Waals surface area contributed by atoms with Gasteiger partial charge in [-0.05, 0) is 62.0 Å². The summed E-state index contributed by atoms with van der Waals surface area (Å²) in [5.41, 5.74) is 4.96. The monoisotopic (exact) mass is 464 g/mol. The zero-order chi connectivity index (χ0) is 24.0. The zero-order valence-corrected chi connectivity index (χ0v) is 19.4. The van der Waals surface area contributed by atoms with Gasteiger partial charge in [0, 0.05) is 29.3 Å². The Morgan fingerprint density at radius 2 is 2.03 bits per heavy atom. The van der Waals surface area contributed by atoms with Crippen LogP contribution in [0.3, 0.4) is 0 Å². The van der Waals surface area contributed by atoms with Gasteiger partial charge in [0.15, 0.2) is 11.6 Å². The van der Waals surface area contributed by atoms with Crippen LogP contribution in [-0.2, 0) is 24.2 Å². The molecule has 5 rings (SSSR count). The minimum atomic E-state index is -0.437. The number of nitrogens with zero attached hydrogens (tertiary/aromatic N) is 3. The Morgan fingerprint density at radius 1 is 1.21 bits per heavy atom. The lowest BCUT2D eigenvalue weighted by Crippen LogP contribution is -2.41. The van der Waals surface area contributed by atoms with Crippen molar-refractivity contribution in [3.8, 4) is 5.75 Å². The molecule has 0 unspecified atom stereocenters. The highest BCUT2D eigenvalue weighted by Crippen LogP contribution is 2.35. The number of aromatic nitrogens is 2. The molecule has 3 heterocycles. The third-order valence-corrected chi connectivity index (χ3v) is 6.33. The number of nitrogens with one attached hydrogen (secondary N) is 1. The van der Waals surface area contributed by atoms with Crippen LogP contribution in [0.15, 0.2) is 36.4 Å². The molecule has 0 bridgehead atoms. The van der Waals surface area contributed by atoms with Crippen molar-refractivity contribution < 1.29 is 18.3 Å². The number of benzene rings is 2. The summed E-state index contributed by atoms with van der Waals surface area (Å²) in [4.78, 5) is 24.7. The molecule has 1 aliphatic heterocycles. The molecule has 176 valence electrons. The summed E-state index contributed by atoms with van der Waals surface area (Å²) < 4.78 is 33.6. The standard InChI is InChI=1S/C26H26F2N4O2/c1-31(2)14-24(33)32-9-8-17-22(13-32)29-21(11-15-4-7-23(34-3)19(28)10-15)26-25(17)18-12-16(27)5-6-20(18)30-26/h4-7,10,12,30H,8-9,11,13-14H2,1-3H3. The third-order valence-electron chi connectivity index (χ3n) is 6.33. The Kier molecular flexibility index (Phi) is 5.69.